The van der Waals surface area contributed by atoms with Gasteiger partial charge in [-0.1, -0.05) is 13.8 Å². The topological polar surface area (TPSA) is 55.6 Å². The molecular weight excluding hydrogens is 204 g/mol. The lowest BCUT2D eigenvalue weighted by molar-refractivity contribution is -0.137. The smallest absolute Gasteiger partial charge is 0.225 e. The molecule has 94 valence electrons. The average Bonchev–Trinajstić information content (AvgIpc) is 2.32. The van der Waals surface area contributed by atoms with E-state index in [-0.39, 0.29) is 5.92 Å². The van der Waals surface area contributed by atoms with Crippen LogP contribution in [0.3, 0.4) is 0 Å². The molecule has 0 aromatic rings. The van der Waals surface area contributed by atoms with Crippen molar-refractivity contribution in [3.63, 3.8) is 0 Å². The molecule has 0 atom stereocenters. The molecule has 0 aliphatic carbocycles. The fourth-order valence-electron chi connectivity index (χ4n) is 2.35. The van der Waals surface area contributed by atoms with E-state index in [1.54, 1.807) is 0 Å². The quantitative estimate of drug-likeness (QED) is 0.726. The Morgan fingerprint density at radius 2 is 1.94 bits per heavy atom. The normalized spacial score (nSPS) is 18.1. The fraction of sp³-hybridized carbons (Fsp3) is 0.917. The van der Waals surface area contributed by atoms with Crippen LogP contribution in [-0.2, 0) is 9.63 Å². The standard InChI is InChI=1S/C12H24N2O2/c1-3-11(4-2)12(15)14-7-5-10(6-8-14)9-16-13/h10-11H,3-9,13H2,1-2H3. The van der Waals surface area contributed by atoms with Crippen molar-refractivity contribution in [1.82, 2.24) is 4.90 Å². The molecule has 1 saturated heterocycles. The Morgan fingerprint density at radius 3 is 2.38 bits per heavy atom. The molecule has 1 aliphatic rings. The summed E-state index contributed by atoms with van der Waals surface area (Å²) in [5.41, 5.74) is 0. The molecule has 2 N–H and O–H groups in total. The van der Waals surface area contributed by atoms with Crippen molar-refractivity contribution < 1.29 is 9.63 Å². The van der Waals surface area contributed by atoms with Gasteiger partial charge in [-0.15, -0.1) is 0 Å². The molecule has 1 heterocycles. The van der Waals surface area contributed by atoms with Crippen molar-refractivity contribution in [3.05, 3.63) is 0 Å². The summed E-state index contributed by atoms with van der Waals surface area (Å²) < 4.78 is 0. The summed E-state index contributed by atoms with van der Waals surface area (Å²) in [6.07, 6.45) is 3.93. The zero-order chi connectivity index (χ0) is 12.0. The zero-order valence-corrected chi connectivity index (χ0v) is 10.4. The lowest BCUT2D eigenvalue weighted by Gasteiger charge is -2.33. The van der Waals surface area contributed by atoms with E-state index in [2.05, 4.69) is 18.7 Å². The van der Waals surface area contributed by atoms with E-state index in [1.807, 2.05) is 4.90 Å². The van der Waals surface area contributed by atoms with Crippen LogP contribution in [0.2, 0.25) is 0 Å². The molecule has 0 aromatic carbocycles. The van der Waals surface area contributed by atoms with E-state index in [4.69, 9.17) is 5.90 Å². The Kier molecular flexibility index (Phi) is 5.77. The highest BCUT2D eigenvalue weighted by atomic mass is 16.6. The van der Waals surface area contributed by atoms with Gasteiger partial charge in [-0.05, 0) is 31.6 Å². The molecule has 0 radical (unpaired) electrons. The lowest BCUT2D eigenvalue weighted by Crippen LogP contribution is -2.42. The molecule has 0 spiro atoms. The predicted octanol–water partition coefficient (Wildman–Crippen LogP) is 1.55. The Bertz CT molecular complexity index is 209. The average molecular weight is 228 g/mol. The van der Waals surface area contributed by atoms with E-state index in [1.165, 1.54) is 0 Å². The number of rotatable bonds is 5. The molecule has 0 bridgehead atoms. The third-order valence-electron chi connectivity index (χ3n) is 3.59. The summed E-state index contributed by atoms with van der Waals surface area (Å²) in [6.45, 7) is 6.52. The van der Waals surface area contributed by atoms with Crippen molar-refractivity contribution in [3.8, 4) is 0 Å². The third-order valence-corrected chi connectivity index (χ3v) is 3.59. The molecule has 4 nitrogen and oxygen atoms in total. The van der Waals surface area contributed by atoms with Crippen LogP contribution in [0.1, 0.15) is 39.5 Å². The summed E-state index contributed by atoms with van der Waals surface area (Å²) in [5, 5.41) is 0. The number of carbonyl (C=O) groups is 1. The van der Waals surface area contributed by atoms with Gasteiger partial charge in [-0.3, -0.25) is 4.79 Å². The third kappa shape index (κ3) is 3.46. The van der Waals surface area contributed by atoms with Gasteiger partial charge in [0.2, 0.25) is 5.91 Å². The first-order valence-corrected chi connectivity index (χ1v) is 6.33. The number of nitrogens with two attached hydrogens (primary N) is 1. The maximum absolute atomic E-state index is 12.1. The summed E-state index contributed by atoms with van der Waals surface area (Å²) in [6, 6.07) is 0. The van der Waals surface area contributed by atoms with Crippen molar-refractivity contribution in [1.29, 1.82) is 0 Å². The molecule has 0 aromatic heterocycles. The van der Waals surface area contributed by atoms with Gasteiger partial charge >= 0.3 is 0 Å². The van der Waals surface area contributed by atoms with Gasteiger partial charge in [-0.2, -0.15) is 0 Å². The molecule has 4 heteroatoms. The summed E-state index contributed by atoms with van der Waals surface area (Å²) in [5.74, 6) is 6.13. The van der Waals surface area contributed by atoms with Gasteiger partial charge in [0.15, 0.2) is 0 Å². The molecule has 1 amide bonds. The maximum Gasteiger partial charge on any atom is 0.225 e. The summed E-state index contributed by atoms with van der Waals surface area (Å²) in [4.78, 5) is 18.8. The van der Waals surface area contributed by atoms with Crippen LogP contribution in [0.15, 0.2) is 0 Å². The van der Waals surface area contributed by atoms with E-state index in [0.29, 0.717) is 18.4 Å². The minimum Gasteiger partial charge on any atom is -0.342 e. The van der Waals surface area contributed by atoms with Gasteiger partial charge in [-0.25, -0.2) is 5.90 Å². The van der Waals surface area contributed by atoms with E-state index >= 15 is 0 Å². The molecular formula is C12H24N2O2. The lowest BCUT2D eigenvalue weighted by atomic mass is 9.95. The number of hydrogen-bond donors (Lipinski definition) is 1. The van der Waals surface area contributed by atoms with Crippen molar-refractivity contribution in [2.45, 2.75) is 39.5 Å². The van der Waals surface area contributed by atoms with Gasteiger partial charge in [0.25, 0.3) is 0 Å². The van der Waals surface area contributed by atoms with Crippen LogP contribution in [0, 0.1) is 11.8 Å². The van der Waals surface area contributed by atoms with Crippen LogP contribution < -0.4 is 5.90 Å². The van der Waals surface area contributed by atoms with Crippen LogP contribution in [0.5, 0.6) is 0 Å². The van der Waals surface area contributed by atoms with Gasteiger partial charge in [0, 0.05) is 19.0 Å². The van der Waals surface area contributed by atoms with Gasteiger partial charge < -0.3 is 9.74 Å². The number of hydrogen-bond acceptors (Lipinski definition) is 3. The molecule has 1 aliphatic heterocycles. The number of piperidine rings is 1. The highest BCUT2D eigenvalue weighted by molar-refractivity contribution is 5.78. The Hall–Kier alpha value is -0.610. The van der Waals surface area contributed by atoms with Gasteiger partial charge in [0.1, 0.15) is 0 Å². The van der Waals surface area contributed by atoms with E-state index in [0.717, 1.165) is 38.8 Å². The second-order valence-electron chi connectivity index (χ2n) is 4.62. The minimum absolute atomic E-state index is 0.210. The number of carbonyl (C=O) groups excluding carboxylic acids is 1. The first kappa shape index (κ1) is 13.5. The van der Waals surface area contributed by atoms with Crippen LogP contribution in [0.25, 0.3) is 0 Å². The summed E-state index contributed by atoms with van der Waals surface area (Å²) >= 11 is 0. The van der Waals surface area contributed by atoms with Crippen LogP contribution in [0.4, 0.5) is 0 Å². The van der Waals surface area contributed by atoms with Crippen LogP contribution >= 0.6 is 0 Å². The van der Waals surface area contributed by atoms with Crippen molar-refractivity contribution >= 4 is 5.91 Å². The first-order chi connectivity index (χ1) is 7.72. The Balaban J connectivity index is 2.38. The molecule has 0 unspecified atom stereocenters. The second kappa shape index (κ2) is 6.86. The first-order valence-electron chi connectivity index (χ1n) is 6.33. The molecule has 1 rings (SSSR count). The predicted molar refractivity (Wildman–Crippen MR) is 63.5 cm³/mol. The monoisotopic (exact) mass is 228 g/mol. The summed E-state index contributed by atoms with van der Waals surface area (Å²) in [7, 11) is 0. The second-order valence-corrected chi connectivity index (χ2v) is 4.62. The highest BCUT2D eigenvalue weighted by Gasteiger charge is 2.26. The zero-order valence-electron chi connectivity index (χ0n) is 10.4. The Morgan fingerprint density at radius 1 is 1.38 bits per heavy atom. The molecule has 0 saturated carbocycles. The fourth-order valence-corrected chi connectivity index (χ4v) is 2.35. The van der Waals surface area contributed by atoms with E-state index < -0.39 is 0 Å². The number of amides is 1. The number of likely N-dealkylation sites (tertiary alicyclic amines) is 1. The van der Waals surface area contributed by atoms with E-state index in [9.17, 15) is 4.79 Å². The van der Waals surface area contributed by atoms with Crippen LogP contribution in [-0.4, -0.2) is 30.5 Å². The highest BCUT2D eigenvalue weighted by Crippen LogP contribution is 2.20. The van der Waals surface area contributed by atoms with Crippen molar-refractivity contribution in [2.75, 3.05) is 19.7 Å². The van der Waals surface area contributed by atoms with Gasteiger partial charge in [0.05, 0.1) is 6.61 Å². The Labute approximate surface area is 98.1 Å². The minimum atomic E-state index is 0.210. The maximum atomic E-state index is 12.1. The van der Waals surface area contributed by atoms with Crippen molar-refractivity contribution in [2.24, 2.45) is 17.7 Å². The largest absolute Gasteiger partial charge is 0.342 e. The molecule has 16 heavy (non-hydrogen) atoms. The molecule has 1 fully saturated rings. The number of nitrogens with zero attached hydrogens (tertiary/aromatic N) is 1. The SMILES string of the molecule is CCC(CC)C(=O)N1CCC(CON)CC1.